The highest BCUT2D eigenvalue weighted by Crippen LogP contribution is 2.20. The number of hydrogen-bond acceptors (Lipinski definition) is 6. The molecule has 0 aliphatic heterocycles. The first kappa shape index (κ1) is 26.9. The van der Waals surface area contributed by atoms with Crippen molar-refractivity contribution in [3.05, 3.63) is 118 Å². The Morgan fingerprint density at radius 3 is 2.46 bits per heavy atom. The monoisotopic (exact) mass is 544 g/mol. The van der Waals surface area contributed by atoms with E-state index in [1.807, 2.05) is 62.5 Å². The van der Waals surface area contributed by atoms with Crippen LogP contribution in [-0.4, -0.2) is 34.6 Å². The molecular weight excluding hydrogens is 516 g/mol. The fourth-order valence-corrected chi connectivity index (χ4v) is 4.54. The predicted molar refractivity (Wildman–Crippen MR) is 159 cm³/mol. The van der Waals surface area contributed by atoms with E-state index < -0.39 is 5.91 Å². The maximum atomic E-state index is 13.5. The van der Waals surface area contributed by atoms with Crippen LogP contribution in [0.15, 0.2) is 84.3 Å². The second-order valence-electron chi connectivity index (χ2n) is 9.28. The topological polar surface area (TPSA) is 139 Å². The van der Waals surface area contributed by atoms with Gasteiger partial charge in [-0.3, -0.25) is 23.2 Å². The highest BCUT2D eigenvalue weighted by Gasteiger charge is 2.14. The van der Waals surface area contributed by atoms with Crippen molar-refractivity contribution in [1.29, 1.82) is 0 Å². The molecule has 0 saturated heterocycles. The molecule has 2 aromatic carbocycles. The van der Waals surface area contributed by atoms with Gasteiger partial charge in [0.1, 0.15) is 17.7 Å². The summed E-state index contributed by atoms with van der Waals surface area (Å²) >= 11 is 0. The van der Waals surface area contributed by atoms with Crippen molar-refractivity contribution < 1.29 is 4.79 Å². The van der Waals surface area contributed by atoms with Crippen molar-refractivity contribution in [1.82, 2.24) is 28.7 Å². The zero-order chi connectivity index (χ0) is 29.1. The summed E-state index contributed by atoms with van der Waals surface area (Å²) in [4.78, 5) is 32.2. The van der Waals surface area contributed by atoms with E-state index in [0.717, 1.165) is 40.0 Å². The molecule has 10 nitrogen and oxygen atoms in total. The van der Waals surface area contributed by atoms with E-state index in [1.165, 1.54) is 6.33 Å². The van der Waals surface area contributed by atoms with E-state index >= 15 is 0 Å². The molecule has 4 aromatic heterocycles. The summed E-state index contributed by atoms with van der Waals surface area (Å²) in [5.41, 5.74) is 15.6. The van der Waals surface area contributed by atoms with Gasteiger partial charge in [-0.2, -0.15) is 5.10 Å². The van der Waals surface area contributed by atoms with Gasteiger partial charge in [-0.25, -0.2) is 9.97 Å². The maximum absolute atomic E-state index is 13.5. The number of amides is 1. The first-order chi connectivity index (χ1) is 19.8. The first-order valence-electron chi connectivity index (χ1n) is 12.9. The van der Waals surface area contributed by atoms with Gasteiger partial charge in [0.05, 0.1) is 22.8 Å². The molecule has 0 bridgehead atoms. The Morgan fingerprint density at radius 2 is 1.78 bits per heavy atom. The lowest BCUT2D eigenvalue weighted by molar-refractivity contribution is 0.100. The third-order valence-electron chi connectivity index (χ3n) is 6.78. The maximum Gasteiger partial charge on any atom is 0.264 e. The van der Waals surface area contributed by atoms with E-state index in [2.05, 4.69) is 39.9 Å². The van der Waals surface area contributed by atoms with Gasteiger partial charge in [0, 0.05) is 36.4 Å². The van der Waals surface area contributed by atoms with E-state index in [0.29, 0.717) is 11.0 Å². The molecule has 4 heterocycles. The van der Waals surface area contributed by atoms with E-state index in [4.69, 9.17) is 11.5 Å². The molecule has 1 amide bonds. The molecule has 4 N–H and O–H groups in total. The largest absolute Gasteiger partial charge is 0.383 e. The lowest BCUT2D eigenvalue weighted by atomic mass is 10.0. The van der Waals surface area contributed by atoms with Crippen molar-refractivity contribution in [2.45, 2.75) is 20.3 Å². The van der Waals surface area contributed by atoms with Gasteiger partial charge in [-0.15, -0.1) is 0 Å². The van der Waals surface area contributed by atoms with Gasteiger partial charge >= 0.3 is 0 Å². The van der Waals surface area contributed by atoms with E-state index in [9.17, 15) is 9.59 Å². The minimum Gasteiger partial charge on any atom is -0.383 e. The summed E-state index contributed by atoms with van der Waals surface area (Å²) in [5, 5.41) is 5.80. The summed E-state index contributed by atoms with van der Waals surface area (Å²) in [5.74, 6) is 5.85. The van der Waals surface area contributed by atoms with Gasteiger partial charge < -0.3 is 11.5 Å². The number of rotatable bonds is 3. The number of hydrogen-bond donors (Lipinski definition) is 2. The molecular formula is C31H28N8O2. The highest BCUT2D eigenvalue weighted by atomic mass is 16.1. The molecule has 0 atom stereocenters. The van der Waals surface area contributed by atoms with Crippen LogP contribution in [0.5, 0.6) is 0 Å². The predicted octanol–water partition coefficient (Wildman–Crippen LogP) is 3.41. The third kappa shape index (κ3) is 5.16. The molecule has 0 fully saturated rings. The molecule has 0 unspecified atom stereocenters. The standard InChI is InChI=1S/C24H21N3O.C7H7N5O/c1-4-21-15-19-10-8-9-18(13-14-20-16-25-26(3)17(20)2)23(19)24(28)27(21)22-11-6-5-7-12-22;8-5-4(6(9)13)7-10-1-2-12(7)3-11-5/h5-12,15-16H,4H2,1-3H3;1-3H,8H2,(H2,9,13). The van der Waals surface area contributed by atoms with Crippen molar-refractivity contribution in [2.75, 3.05) is 5.73 Å². The number of para-hydroxylation sites is 1. The van der Waals surface area contributed by atoms with Crippen LogP contribution in [0.3, 0.4) is 0 Å². The fraction of sp³-hybridized carbons (Fsp3) is 0.129. The lowest BCUT2D eigenvalue weighted by Gasteiger charge is -2.14. The van der Waals surface area contributed by atoms with Crippen LogP contribution in [0.25, 0.3) is 22.1 Å². The molecule has 6 aromatic rings. The normalized spacial score (nSPS) is 10.6. The fourth-order valence-electron chi connectivity index (χ4n) is 4.54. The Labute approximate surface area is 235 Å². The minimum atomic E-state index is -0.623. The number of anilines is 1. The van der Waals surface area contributed by atoms with Crippen LogP contribution < -0.4 is 17.0 Å². The molecule has 41 heavy (non-hydrogen) atoms. The second-order valence-corrected chi connectivity index (χ2v) is 9.28. The number of aromatic nitrogens is 6. The number of pyridine rings is 1. The Hall–Kier alpha value is -5.69. The van der Waals surface area contributed by atoms with Crippen LogP contribution in [-0.2, 0) is 13.5 Å². The van der Waals surface area contributed by atoms with Crippen LogP contribution >= 0.6 is 0 Å². The molecule has 0 radical (unpaired) electrons. The zero-order valence-electron chi connectivity index (χ0n) is 22.9. The van der Waals surface area contributed by atoms with E-state index in [-0.39, 0.29) is 16.9 Å². The first-order valence-corrected chi connectivity index (χ1v) is 12.9. The number of primary amides is 1. The van der Waals surface area contributed by atoms with Gasteiger partial charge in [-0.05, 0) is 43.0 Å². The molecule has 0 saturated carbocycles. The summed E-state index contributed by atoms with van der Waals surface area (Å²) < 4.78 is 5.17. The zero-order valence-corrected chi connectivity index (χ0v) is 22.9. The Bertz CT molecular complexity index is 2020. The summed E-state index contributed by atoms with van der Waals surface area (Å²) in [6, 6.07) is 17.7. The average Bonchev–Trinajstić information content (AvgIpc) is 3.58. The number of carbonyl (C=O) groups excluding carboxylic acids is 1. The number of aryl methyl sites for hydroxylation is 2. The lowest BCUT2D eigenvalue weighted by Crippen LogP contribution is -2.22. The number of fused-ring (bicyclic) bond motifs is 2. The van der Waals surface area contributed by atoms with Crippen molar-refractivity contribution in [3.63, 3.8) is 0 Å². The molecule has 10 heteroatoms. The summed E-state index contributed by atoms with van der Waals surface area (Å²) in [6.07, 6.45) is 7.21. The van der Waals surface area contributed by atoms with Crippen LogP contribution in [0.1, 0.15) is 39.8 Å². The van der Waals surface area contributed by atoms with Crippen LogP contribution in [0.4, 0.5) is 5.82 Å². The third-order valence-corrected chi connectivity index (χ3v) is 6.78. The molecule has 204 valence electrons. The molecule has 6 rings (SSSR count). The SMILES string of the molecule is CCc1cc2cccc(C#Cc3cnn(C)c3C)c2c(=O)n1-c1ccccc1.NC(=O)c1c(N)ncn2ccnc12. The Balaban J connectivity index is 0.000000216. The highest BCUT2D eigenvalue weighted by molar-refractivity contribution is 6.02. The van der Waals surface area contributed by atoms with Gasteiger partial charge in [0.25, 0.3) is 11.5 Å². The van der Waals surface area contributed by atoms with Crippen molar-refractivity contribution in [3.8, 4) is 17.5 Å². The smallest absolute Gasteiger partial charge is 0.264 e. The van der Waals surface area contributed by atoms with E-state index in [1.54, 1.807) is 32.2 Å². The summed E-state index contributed by atoms with van der Waals surface area (Å²) in [6.45, 7) is 4.05. The minimum absolute atomic E-state index is 0.0339. The molecule has 0 spiro atoms. The van der Waals surface area contributed by atoms with Crippen molar-refractivity contribution >= 4 is 28.1 Å². The van der Waals surface area contributed by atoms with Crippen LogP contribution in [0.2, 0.25) is 0 Å². The number of benzene rings is 2. The van der Waals surface area contributed by atoms with Gasteiger partial charge in [-0.1, -0.05) is 49.1 Å². The number of nitrogens with two attached hydrogens (primary N) is 2. The van der Waals surface area contributed by atoms with Crippen LogP contribution in [0, 0.1) is 18.8 Å². The Morgan fingerprint density at radius 1 is 1.02 bits per heavy atom. The van der Waals surface area contributed by atoms with Gasteiger partial charge in [0.2, 0.25) is 0 Å². The Kier molecular flexibility index (Phi) is 7.35. The quantitative estimate of drug-likeness (QED) is 0.328. The number of carbonyl (C=O) groups is 1. The number of nitrogens with zero attached hydrogens (tertiary/aromatic N) is 6. The molecule has 0 aliphatic carbocycles. The molecule has 0 aliphatic rings. The second kappa shape index (κ2) is 11.2. The number of imidazole rings is 1. The van der Waals surface area contributed by atoms with Gasteiger partial charge in [0.15, 0.2) is 5.65 Å². The summed E-state index contributed by atoms with van der Waals surface area (Å²) in [7, 11) is 1.89. The number of nitrogen functional groups attached to an aromatic ring is 1. The average molecular weight is 545 g/mol. The van der Waals surface area contributed by atoms with Crippen molar-refractivity contribution in [2.24, 2.45) is 12.8 Å².